The van der Waals surface area contributed by atoms with E-state index in [0.717, 1.165) is 11.1 Å². The van der Waals surface area contributed by atoms with Gasteiger partial charge in [-0.1, -0.05) is 29.8 Å². The molecule has 0 aliphatic carbocycles. The maximum absolute atomic E-state index is 11.6. The largest absolute Gasteiger partial charge is 0.320 e. The quantitative estimate of drug-likeness (QED) is 0.839. The first-order valence-corrected chi connectivity index (χ1v) is 6.78. The molecule has 0 unspecified atom stereocenters. The van der Waals surface area contributed by atoms with Gasteiger partial charge in [-0.25, -0.2) is 0 Å². The Labute approximate surface area is 103 Å². The van der Waals surface area contributed by atoms with Crippen molar-refractivity contribution in [2.45, 2.75) is 33.2 Å². The summed E-state index contributed by atoms with van der Waals surface area (Å²) < 4.78 is 29.2. The number of benzene rings is 1. The lowest BCUT2D eigenvalue weighted by Gasteiger charge is -2.17. The smallest absolute Gasteiger partial charge is 0.191 e. The highest BCUT2D eigenvalue weighted by Gasteiger charge is 2.17. The molecule has 94 valence electrons. The van der Waals surface area contributed by atoms with Crippen molar-refractivity contribution in [1.82, 2.24) is 4.72 Å². The molecule has 0 fully saturated rings. The zero-order valence-electron chi connectivity index (χ0n) is 10.6. The number of nitrogens with one attached hydrogen (secondary N) is 1. The van der Waals surface area contributed by atoms with Crippen molar-refractivity contribution in [3.8, 4) is 0 Å². The Morgan fingerprint density at radius 1 is 1.18 bits per heavy atom. The summed E-state index contributed by atoms with van der Waals surface area (Å²) >= 11 is 0. The first kappa shape index (κ1) is 13.9. The number of hydrogen-bond acceptors (Lipinski definition) is 2. The predicted molar refractivity (Wildman–Crippen MR) is 70.6 cm³/mol. The molecule has 5 heteroatoms. The van der Waals surface area contributed by atoms with Crippen LogP contribution in [0.5, 0.6) is 0 Å². The third-order valence-corrected chi connectivity index (χ3v) is 3.11. The number of hydrogen-bond donors (Lipinski definition) is 1. The lowest BCUT2D eigenvalue weighted by Crippen LogP contribution is -2.39. The summed E-state index contributed by atoms with van der Waals surface area (Å²) in [5.41, 5.74) is 1.36. The zero-order chi connectivity index (χ0) is 13.1. The molecule has 0 aliphatic heterocycles. The van der Waals surface area contributed by atoms with Gasteiger partial charge in [0.05, 0.1) is 0 Å². The molecule has 0 atom stereocenters. The van der Waals surface area contributed by atoms with E-state index in [-0.39, 0.29) is 0 Å². The second kappa shape index (κ2) is 4.98. The van der Waals surface area contributed by atoms with E-state index in [0.29, 0.717) is 0 Å². The van der Waals surface area contributed by atoms with Crippen LogP contribution in [0, 0.1) is 6.92 Å². The van der Waals surface area contributed by atoms with Gasteiger partial charge >= 0.3 is 10.2 Å². The lowest BCUT2D eigenvalue weighted by atomic mass is 10.1. The summed E-state index contributed by atoms with van der Waals surface area (Å²) in [7, 11) is -3.63. The van der Waals surface area contributed by atoms with E-state index in [1.165, 1.54) is 6.21 Å². The van der Waals surface area contributed by atoms with Crippen molar-refractivity contribution in [1.29, 1.82) is 0 Å². The molecule has 0 aliphatic rings. The number of nitrogens with zero attached hydrogens (tertiary/aromatic N) is 1. The minimum absolute atomic E-state index is 0.524. The van der Waals surface area contributed by atoms with Crippen molar-refractivity contribution in [3.05, 3.63) is 35.4 Å². The molecule has 0 radical (unpaired) electrons. The van der Waals surface area contributed by atoms with Crippen LogP contribution in [0.3, 0.4) is 0 Å². The van der Waals surface area contributed by atoms with Gasteiger partial charge in [-0.2, -0.15) is 17.5 Å². The van der Waals surface area contributed by atoms with Gasteiger partial charge in [0.25, 0.3) is 0 Å². The summed E-state index contributed by atoms with van der Waals surface area (Å²) in [5, 5.41) is 0. The highest BCUT2D eigenvalue weighted by atomic mass is 32.2. The molecule has 0 saturated carbocycles. The summed E-state index contributed by atoms with van der Waals surface area (Å²) in [4.78, 5) is 0. The fourth-order valence-corrected chi connectivity index (χ4v) is 2.28. The normalized spacial score (nSPS) is 13.2. The van der Waals surface area contributed by atoms with E-state index in [9.17, 15) is 8.42 Å². The number of aryl methyl sites for hydroxylation is 1. The van der Waals surface area contributed by atoms with E-state index < -0.39 is 15.7 Å². The summed E-state index contributed by atoms with van der Waals surface area (Å²) in [6.45, 7) is 7.28. The van der Waals surface area contributed by atoms with Crippen molar-refractivity contribution < 1.29 is 8.42 Å². The molecule has 0 spiro atoms. The first-order valence-electron chi connectivity index (χ1n) is 5.34. The van der Waals surface area contributed by atoms with Crippen LogP contribution in [0.4, 0.5) is 0 Å². The molecule has 0 saturated heterocycles. The molecule has 0 aromatic heterocycles. The van der Waals surface area contributed by atoms with Gasteiger partial charge < -0.3 is 0 Å². The third-order valence-electron chi connectivity index (χ3n) is 1.85. The van der Waals surface area contributed by atoms with E-state index >= 15 is 0 Å². The molecule has 0 amide bonds. The monoisotopic (exact) mass is 254 g/mol. The molecule has 0 heterocycles. The Balaban J connectivity index is 2.81. The van der Waals surface area contributed by atoms with Gasteiger partial charge in [-0.15, -0.1) is 0 Å². The van der Waals surface area contributed by atoms with Crippen LogP contribution in [0.2, 0.25) is 0 Å². The maximum atomic E-state index is 11.6. The minimum Gasteiger partial charge on any atom is -0.191 e. The van der Waals surface area contributed by atoms with Gasteiger partial charge in [0.15, 0.2) is 0 Å². The average molecular weight is 254 g/mol. The Bertz CT molecular complexity index is 496. The highest BCUT2D eigenvalue weighted by Crippen LogP contribution is 2.04. The molecule has 1 aromatic rings. The second-order valence-electron chi connectivity index (χ2n) is 4.97. The molecule has 0 bridgehead atoms. The van der Waals surface area contributed by atoms with Crippen LogP contribution < -0.4 is 4.72 Å². The van der Waals surface area contributed by atoms with E-state index in [1.807, 2.05) is 31.2 Å². The average Bonchev–Trinajstić information content (AvgIpc) is 2.13. The van der Waals surface area contributed by atoms with Crippen molar-refractivity contribution in [2.24, 2.45) is 4.40 Å². The fourth-order valence-electron chi connectivity index (χ4n) is 1.20. The van der Waals surface area contributed by atoms with E-state index in [4.69, 9.17) is 0 Å². The first-order chi connectivity index (χ1) is 7.68. The van der Waals surface area contributed by atoms with Gasteiger partial charge in [0, 0.05) is 11.8 Å². The predicted octanol–water partition coefficient (Wildman–Crippen LogP) is 2.05. The Morgan fingerprint density at radius 3 is 2.18 bits per heavy atom. The van der Waals surface area contributed by atoms with Gasteiger partial charge in [-0.05, 0) is 33.3 Å². The molecular weight excluding hydrogens is 236 g/mol. The van der Waals surface area contributed by atoms with Crippen LogP contribution in [-0.4, -0.2) is 20.2 Å². The van der Waals surface area contributed by atoms with Crippen molar-refractivity contribution in [2.75, 3.05) is 0 Å². The molecule has 1 rings (SSSR count). The molecule has 1 N–H and O–H groups in total. The van der Waals surface area contributed by atoms with E-state index in [2.05, 4.69) is 9.12 Å². The van der Waals surface area contributed by atoms with Gasteiger partial charge in [0.2, 0.25) is 0 Å². The summed E-state index contributed by atoms with van der Waals surface area (Å²) in [6, 6.07) is 7.47. The fraction of sp³-hybridized carbons (Fsp3) is 0.417. The van der Waals surface area contributed by atoms with Gasteiger partial charge in [0.1, 0.15) is 0 Å². The molecule has 17 heavy (non-hydrogen) atoms. The molecular formula is C12H18N2O2S. The topological polar surface area (TPSA) is 58.5 Å². The third kappa shape index (κ3) is 5.60. The highest BCUT2D eigenvalue weighted by molar-refractivity contribution is 7.88. The summed E-state index contributed by atoms with van der Waals surface area (Å²) in [6.07, 6.45) is 1.34. The van der Waals surface area contributed by atoms with E-state index in [1.54, 1.807) is 20.8 Å². The zero-order valence-corrected chi connectivity index (χ0v) is 11.4. The Kier molecular flexibility index (Phi) is 4.06. The van der Waals surface area contributed by atoms with Crippen LogP contribution in [0.25, 0.3) is 0 Å². The van der Waals surface area contributed by atoms with Crippen LogP contribution >= 0.6 is 0 Å². The molecule has 4 nitrogen and oxygen atoms in total. The van der Waals surface area contributed by atoms with Crippen LogP contribution in [0.1, 0.15) is 31.9 Å². The maximum Gasteiger partial charge on any atom is 0.320 e. The van der Waals surface area contributed by atoms with Gasteiger partial charge in [-0.3, -0.25) is 0 Å². The standard InChI is InChI=1S/C12H18N2O2S/c1-10-5-7-11(8-6-10)9-13-17(15,16)14-12(2,3)4/h5-9,14H,1-4H3/b13-9+. The Hall–Kier alpha value is -1.20. The second-order valence-corrected chi connectivity index (χ2v) is 6.34. The minimum atomic E-state index is -3.63. The lowest BCUT2D eigenvalue weighted by molar-refractivity contribution is 0.492. The van der Waals surface area contributed by atoms with Crippen LogP contribution in [-0.2, 0) is 10.2 Å². The van der Waals surface area contributed by atoms with Crippen molar-refractivity contribution >= 4 is 16.4 Å². The van der Waals surface area contributed by atoms with Crippen LogP contribution in [0.15, 0.2) is 28.7 Å². The SMILES string of the molecule is Cc1ccc(/C=N/S(=O)(=O)NC(C)(C)C)cc1. The molecule has 1 aromatic carbocycles. The Morgan fingerprint density at radius 2 is 1.71 bits per heavy atom. The summed E-state index contributed by atoms with van der Waals surface area (Å²) in [5.74, 6) is 0. The van der Waals surface area contributed by atoms with Crippen molar-refractivity contribution in [3.63, 3.8) is 0 Å². The number of rotatable bonds is 3.